The number of furan rings is 1. The fourth-order valence-electron chi connectivity index (χ4n) is 6.63. The van der Waals surface area contributed by atoms with Crippen molar-refractivity contribution in [3.05, 3.63) is 36.1 Å². The summed E-state index contributed by atoms with van der Waals surface area (Å²) in [6.07, 6.45) is 8.35. The Kier molecular flexibility index (Phi) is 5.08. The highest BCUT2D eigenvalue weighted by Gasteiger charge is 2.54. The first kappa shape index (κ1) is 19.7. The summed E-state index contributed by atoms with van der Waals surface area (Å²) in [5.74, 6) is 3.32. The van der Waals surface area contributed by atoms with Gasteiger partial charge in [-0.05, 0) is 81.8 Å². The van der Waals surface area contributed by atoms with Crippen molar-refractivity contribution >= 4 is 22.8 Å². The zero-order valence-corrected chi connectivity index (χ0v) is 17.8. The van der Waals surface area contributed by atoms with Crippen LogP contribution in [-0.2, 0) is 9.59 Å². The van der Waals surface area contributed by atoms with Crippen LogP contribution < -0.4 is 10.6 Å². The van der Waals surface area contributed by atoms with E-state index in [0.29, 0.717) is 19.4 Å². The summed E-state index contributed by atoms with van der Waals surface area (Å²) in [5, 5.41) is 7.21. The van der Waals surface area contributed by atoms with Crippen molar-refractivity contribution in [2.24, 2.45) is 23.2 Å². The van der Waals surface area contributed by atoms with Gasteiger partial charge in [0.1, 0.15) is 11.3 Å². The molecule has 0 aliphatic heterocycles. The molecular weight excluding hydrogens is 376 g/mol. The largest absolute Gasteiger partial charge is 0.459 e. The van der Waals surface area contributed by atoms with Crippen molar-refractivity contribution < 1.29 is 14.0 Å². The average molecular weight is 409 g/mol. The van der Waals surface area contributed by atoms with Crippen LogP contribution in [0.5, 0.6) is 0 Å². The molecule has 4 aliphatic carbocycles. The Morgan fingerprint density at radius 2 is 1.77 bits per heavy atom. The minimum Gasteiger partial charge on any atom is -0.459 e. The quantitative estimate of drug-likeness (QED) is 0.651. The lowest BCUT2D eigenvalue weighted by molar-refractivity contribution is -0.146. The van der Waals surface area contributed by atoms with Crippen LogP contribution in [0.4, 0.5) is 0 Å². The fourth-order valence-corrected chi connectivity index (χ4v) is 6.63. The molecule has 5 nitrogen and oxygen atoms in total. The van der Waals surface area contributed by atoms with E-state index in [2.05, 4.69) is 10.6 Å². The first-order valence-corrected chi connectivity index (χ1v) is 11.6. The molecule has 5 heteroatoms. The van der Waals surface area contributed by atoms with Crippen LogP contribution in [0, 0.1) is 23.2 Å². The molecule has 160 valence electrons. The average Bonchev–Trinajstić information content (AvgIpc) is 3.14. The number of hydrogen-bond donors (Lipinski definition) is 2. The molecule has 0 unspecified atom stereocenters. The first-order valence-electron chi connectivity index (χ1n) is 11.6. The van der Waals surface area contributed by atoms with E-state index in [9.17, 15) is 9.59 Å². The molecule has 0 spiro atoms. The Morgan fingerprint density at radius 3 is 2.43 bits per heavy atom. The van der Waals surface area contributed by atoms with Gasteiger partial charge in [-0.25, -0.2) is 0 Å². The van der Waals surface area contributed by atoms with Crippen LogP contribution in [0.25, 0.3) is 11.0 Å². The molecule has 1 aromatic carbocycles. The molecule has 0 saturated heterocycles. The number of benzene rings is 1. The highest BCUT2D eigenvalue weighted by atomic mass is 16.3. The first-order chi connectivity index (χ1) is 14.5. The minimum atomic E-state index is -0.175. The minimum absolute atomic E-state index is 0.00740. The maximum Gasteiger partial charge on any atom is 0.226 e. The lowest BCUT2D eigenvalue weighted by atomic mass is 9.49. The van der Waals surface area contributed by atoms with Crippen molar-refractivity contribution in [3.8, 4) is 0 Å². The van der Waals surface area contributed by atoms with Gasteiger partial charge in [-0.15, -0.1) is 0 Å². The van der Waals surface area contributed by atoms with Crippen molar-refractivity contribution in [1.82, 2.24) is 10.6 Å². The normalized spacial score (nSPS) is 30.4. The summed E-state index contributed by atoms with van der Waals surface area (Å²) in [5.41, 5.74) is 0.730. The Labute approximate surface area is 178 Å². The van der Waals surface area contributed by atoms with Crippen LogP contribution in [0.15, 0.2) is 34.7 Å². The number of fused-ring (bicyclic) bond motifs is 1. The second kappa shape index (κ2) is 7.75. The van der Waals surface area contributed by atoms with E-state index in [1.807, 2.05) is 37.3 Å². The lowest BCUT2D eigenvalue weighted by Gasteiger charge is -2.55. The molecule has 4 bridgehead atoms. The van der Waals surface area contributed by atoms with E-state index in [1.54, 1.807) is 0 Å². The van der Waals surface area contributed by atoms with Crippen molar-refractivity contribution in [3.63, 3.8) is 0 Å². The predicted octanol–water partition coefficient (Wildman–Crippen LogP) is 4.72. The molecule has 6 rings (SSSR count). The van der Waals surface area contributed by atoms with Gasteiger partial charge in [0.05, 0.1) is 6.04 Å². The number of hydrogen-bond acceptors (Lipinski definition) is 3. The number of rotatable bonds is 7. The number of para-hydroxylation sites is 1. The second-order valence-electron chi connectivity index (χ2n) is 10.0. The van der Waals surface area contributed by atoms with Gasteiger partial charge >= 0.3 is 0 Å². The third-order valence-electron chi connectivity index (χ3n) is 7.63. The summed E-state index contributed by atoms with van der Waals surface area (Å²) >= 11 is 0. The molecule has 4 fully saturated rings. The molecular formula is C25H32N2O3. The molecule has 0 radical (unpaired) electrons. The van der Waals surface area contributed by atoms with Gasteiger partial charge in [0.25, 0.3) is 0 Å². The maximum absolute atomic E-state index is 13.0. The van der Waals surface area contributed by atoms with Gasteiger partial charge in [0, 0.05) is 23.8 Å². The van der Waals surface area contributed by atoms with E-state index < -0.39 is 0 Å². The van der Waals surface area contributed by atoms with Gasteiger partial charge < -0.3 is 15.1 Å². The summed E-state index contributed by atoms with van der Waals surface area (Å²) in [7, 11) is 0. The number of carbonyl (C=O) groups excluding carboxylic acids is 2. The third-order valence-corrected chi connectivity index (χ3v) is 7.63. The fraction of sp³-hybridized carbons (Fsp3) is 0.600. The molecule has 30 heavy (non-hydrogen) atoms. The highest BCUT2D eigenvalue weighted by Crippen LogP contribution is 2.60. The zero-order valence-electron chi connectivity index (χ0n) is 17.8. The summed E-state index contributed by atoms with van der Waals surface area (Å²) < 4.78 is 5.83. The van der Waals surface area contributed by atoms with E-state index in [0.717, 1.165) is 53.7 Å². The van der Waals surface area contributed by atoms with Gasteiger partial charge in [0.15, 0.2) is 0 Å². The van der Waals surface area contributed by atoms with Gasteiger partial charge in [-0.1, -0.05) is 18.2 Å². The van der Waals surface area contributed by atoms with E-state index >= 15 is 0 Å². The monoisotopic (exact) mass is 408 g/mol. The Balaban J connectivity index is 1.07. The Morgan fingerprint density at radius 1 is 1.10 bits per heavy atom. The standard InChI is InChI=1S/C25H32N2O3/c1-16(22-12-20-5-2-3-6-21(20)30-22)27-23(28)7-4-8-26-24(29)25-13-17-9-18(14-25)11-19(10-17)15-25/h2-3,5-6,12,16-19H,4,7-11,13-15H2,1H3,(H,26,29)(H,27,28)/t16-,17?,18?,19?,25?/m1/s1. The zero-order chi connectivity index (χ0) is 20.7. The van der Waals surface area contributed by atoms with E-state index in [-0.39, 0.29) is 23.3 Å². The number of amides is 2. The maximum atomic E-state index is 13.0. The summed E-state index contributed by atoms with van der Waals surface area (Å²) in [6.45, 7) is 2.51. The van der Waals surface area contributed by atoms with Crippen molar-refractivity contribution in [1.29, 1.82) is 0 Å². The van der Waals surface area contributed by atoms with Crippen molar-refractivity contribution in [2.75, 3.05) is 6.54 Å². The Bertz CT molecular complexity index is 878. The topological polar surface area (TPSA) is 71.3 Å². The van der Waals surface area contributed by atoms with E-state index in [1.165, 1.54) is 19.3 Å². The molecule has 2 N–H and O–H groups in total. The highest BCUT2D eigenvalue weighted by molar-refractivity contribution is 5.83. The molecule has 4 saturated carbocycles. The molecule has 1 atom stereocenters. The second-order valence-corrected chi connectivity index (χ2v) is 10.0. The van der Waals surface area contributed by atoms with Crippen LogP contribution in [0.1, 0.15) is 70.1 Å². The van der Waals surface area contributed by atoms with Crippen LogP contribution >= 0.6 is 0 Å². The molecule has 2 aromatic rings. The molecule has 2 amide bonds. The summed E-state index contributed by atoms with van der Waals surface area (Å²) in [4.78, 5) is 25.3. The molecule has 1 aromatic heterocycles. The summed E-state index contributed by atoms with van der Waals surface area (Å²) in [6, 6.07) is 9.65. The molecule has 4 aliphatic rings. The van der Waals surface area contributed by atoms with Gasteiger partial charge in [0.2, 0.25) is 11.8 Å². The Hall–Kier alpha value is -2.30. The van der Waals surface area contributed by atoms with Crippen LogP contribution in [0.3, 0.4) is 0 Å². The van der Waals surface area contributed by atoms with Crippen molar-refractivity contribution in [2.45, 2.75) is 64.3 Å². The van der Waals surface area contributed by atoms with Crippen LogP contribution in [-0.4, -0.2) is 18.4 Å². The number of nitrogens with one attached hydrogen (secondary N) is 2. The lowest BCUT2D eigenvalue weighted by Crippen LogP contribution is -2.53. The number of carbonyl (C=O) groups is 2. The van der Waals surface area contributed by atoms with E-state index in [4.69, 9.17) is 4.42 Å². The smallest absolute Gasteiger partial charge is 0.226 e. The van der Waals surface area contributed by atoms with Gasteiger partial charge in [-0.3, -0.25) is 9.59 Å². The predicted molar refractivity (Wildman–Crippen MR) is 116 cm³/mol. The van der Waals surface area contributed by atoms with Gasteiger partial charge in [-0.2, -0.15) is 0 Å². The van der Waals surface area contributed by atoms with Crippen LogP contribution in [0.2, 0.25) is 0 Å². The third kappa shape index (κ3) is 3.75. The molecule has 1 heterocycles. The SMILES string of the molecule is C[C@@H](NC(=O)CCCNC(=O)C12CC3CC(CC(C3)C1)C2)c1cc2ccccc2o1.